The van der Waals surface area contributed by atoms with E-state index >= 15 is 0 Å². The molecular weight excluding hydrogens is 363 g/mol. The molecule has 0 amide bonds. The van der Waals surface area contributed by atoms with Crippen molar-refractivity contribution in [2.24, 2.45) is 5.41 Å². The summed E-state index contributed by atoms with van der Waals surface area (Å²) >= 11 is 15.7. The third-order valence-corrected chi connectivity index (χ3v) is 6.26. The van der Waals surface area contributed by atoms with Crippen molar-refractivity contribution in [3.05, 3.63) is 26.7 Å². The Hall–Kier alpha value is 0.0400. The fourth-order valence-corrected chi connectivity index (χ4v) is 4.34. The van der Waals surface area contributed by atoms with Gasteiger partial charge in [-0.25, -0.2) is 0 Å². The van der Waals surface area contributed by atoms with Crippen LogP contribution in [0.1, 0.15) is 38.5 Å². The highest BCUT2D eigenvalue weighted by Crippen LogP contribution is 2.53. The monoisotopic (exact) mass is 378 g/mol. The Bertz CT molecular complexity index is 515. The molecule has 0 aromatic heterocycles. The van der Waals surface area contributed by atoms with Gasteiger partial charge in [-0.1, -0.05) is 42.5 Å². The number of rotatable bonds is 2. The molecule has 0 aliphatic heterocycles. The van der Waals surface area contributed by atoms with E-state index in [1.807, 2.05) is 0 Å². The van der Waals surface area contributed by atoms with Crippen LogP contribution in [0.2, 0.25) is 10.0 Å². The summed E-state index contributed by atoms with van der Waals surface area (Å²) in [6, 6.07) is 3.50. The van der Waals surface area contributed by atoms with Crippen molar-refractivity contribution in [3.8, 4) is 5.75 Å². The molecule has 3 rings (SSSR count). The van der Waals surface area contributed by atoms with Crippen molar-refractivity contribution in [3.63, 3.8) is 0 Å². The van der Waals surface area contributed by atoms with Gasteiger partial charge in [-0.2, -0.15) is 0 Å². The van der Waals surface area contributed by atoms with Crippen LogP contribution in [0, 0.1) is 5.41 Å². The van der Waals surface area contributed by atoms with Crippen LogP contribution in [0.4, 0.5) is 0 Å². The standard InChI is InChI=1S/C15H17BrCl2O2/c16-9-6-11(18)12(7-10(9)17)20-14-8-13(19)15(14)4-2-1-3-5-15/h6-7,13-14,19H,1-5,8H2. The maximum atomic E-state index is 10.2. The van der Waals surface area contributed by atoms with Gasteiger partial charge < -0.3 is 9.84 Å². The number of aliphatic hydroxyl groups is 1. The molecule has 2 aliphatic carbocycles. The third-order valence-electron chi connectivity index (χ3n) is 4.77. The van der Waals surface area contributed by atoms with Gasteiger partial charge >= 0.3 is 0 Å². The summed E-state index contributed by atoms with van der Waals surface area (Å²) in [5, 5.41) is 11.3. The van der Waals surface area contributed by atoms with Crippen LogP contribution in [-0.2, 0) is 0 Å². The SMILES string of the molecule is OC1CC(Oc2cc(Cl)c(Br)cc2Cl)C12CCCCC2. The molecule has 1 aromatic rings. The molecule has 2 aliphatic rings. The first-order valence-corrected chi connectivity index (χ1v) is 8.57. The average molecular weight is 380 g/mol. The highest BCUT2D eigenvalue weighted by Gasteiger charge is 2.56. The number of hydrogen-bond acceptors (Lipinski definition) is 2. The predicted molar refractivity (Wildman–Crippen MR) is 84.7 cm³/mol. The number of aliphatic hydroxyl groups excluding tert-OH is 1. The van der Waals surface area contributed by atoms with Crippen LogP contribution in [-0.4, -0.2) is 17.3 Å². The van der Waals surface area contributed by atoms with Gasteiger partial charge in [0.15, 0.2) is 0 Å². The lowest BCUT2D eigenvalue weighted by atomic mass is 9.56. The van der Waals surface area contributed by atoms with Crippen molar-refractivity contribution in [2.75, 3.05) is 0 Å². The summed E-state index contributed by atoms with van der Waals surface area (Å²) in [6.45, 7) is 0. The summed E-state index contributed by atoms with van der Waals surface area (Å²) in [5.41, 5.74) is -0.0683. The summed E-state index contributed by atoms with van der Waals surface area (Å²) in [6.07, 6.45) is 6.18. The van der Waals surface area contributed by atoms with E-state index in [0.717, 1.165) is 17.3 Å². The van der Waals surface area contributed by atoms with E-state index in [1.54, 1.807) is 12.1 Å². The molecule has 1 aromatic carbocycles. The zero-order valence-electron chi connectivity index (χ0n) is 11.0. The van der Waals surface area contributed by atoms with Crippen LogP contribution in [0.25, 0.3) is 0 Å². The second kappa shape index (κ2) is 5.68. The summed E-state index contributed by atoms with van der Waals surface area (Å²) in [5.74, 6) is 0.613. The van der Waals surface area contributed by atoms with E-state index in [2.05, 4.69) is 15.9 Å². The van der Waals surface area contributed by atoms with Crippen LogP contribution < -0.4 is 4.74 Å². The highest BCUT2D eigenvalue weighted by atomic mass is 79.9. The molecule has 1 spiro atoms. The zero-order chi connectivity index (χ0) is 14.3. The fourth-order valence-electron chi connectivity index (χ4n) is 3.50. The Morgan fingerprint density at radius 3 is 2.50 bits per heavy atom. The minimum absolute atomic E-state index is 0.0487. The average Bonchev–Trinajstić information content (AvgIpc) is 2.45. The topological polar surface area (TPSA) is 29.5 Å². The molecule has 2 atom stereocenters. The number of halogens is 3. The van der Waals surface area contributed by atoms with Crippen molar-refractivity contribution >= 4 is 39.1 Å². The molecule has 2 fully saturated rings. The highest BCUT2D eigenvalue weighted by molar-refractivity contribution is 9.10. The molecule has 0 bridgehead atoms. The third kappa shape index (κ3) is 2.47. The van der Waals surface area contributed by atoms with E-state index in [1.165, 1.54) is 19.3 Å². The molecule has 2 unspecified atom stereocenters. The van der Waals surface area contributed by atoms with E-state index in [9.17, 15) is 5.11 Å². The Labute approximate surface area is 137 Å². The Morgan fingerprint density at radius 2 is 1.85 bits per heavy atom. The zero-order valence-corrected chi connectivity index (χ0v) is 14.1. The molecule has 2 nitrogen and oxygen atoms in total. The normalized spacial score (nSPS) is 28.2. The Morgan fingerprint density at radius 1 is 1.15 bits per heavy atom. The predicted octanol–water partition coefficient (Wildman–Crippen LogP) is 5.22. The maximum Gasteiger partial charge on any atom is 0.139 e. The molecular formula is C15H17BrCl2O2. The molecule has 110 valence electrons. The lowest BCUT2D eigenvalue weighted by Crippen LogP contribution is -2.60. The second-order valence-corrected chi connectivity index (χ2v) is 7.52. The van der Waals surface area contributed by atoms with Gasteiger partial charge in [0.1, 0.15) is 11.9 Å². The number of benzene rings is 1. The van der Waals surface area contributed by atoms with Gasteiger partial charge in [0.05, 0.1) is 16.1 Å². The van der Waals surface area contributed by atoms with Gasteiger partial charge in [0.2, 0.25) is 0 Å². The van der Waals surface area contributed by atoms with Gasteiger partial charge in [0, 0.05) is 22.4 Å². The lowest BCUT2D eigenvalue weighted by Gasteiger charge is -2.55. The number of hydrogen-bond donors (Lipinski definition) is 1. The quantitative estimate of drug-likeness (QED) is 0.714. The van der Waals surface area contributed by atoms with E-state index in [4.69, 9.17) is 27.9 Å². The smallest absolute Gasteiger partial charge is 0.139 e. The first-order chi connectivity index (χ1) is 9.53. The molecule has 1 N–H and O–H groups in total. The van der Waals surface area contributed by atoms with E-state index in [0.29, 0.717) is 22.2 Å². The Balaban J connectivity index is 1.80. The second-order valence-electron chi connectivity index (χ2n) is 5.85. The number of ether oxygens (including phenoxy) is 1. The van der Waals surface area contributed by atoms with Crippen LogP contribution in [0.3, 0.4) is 0 Å². The summed E-state index contributed by atoms with van der Waals surface area (Å²) < 4.78 is 6.85. The van der Waals surface area contributed by atoms with Crippen molar-refractivity contribution in [1.82, 2.24) is 0 Å². The van der Waals surface area contributed by atoms with Crippen molar-refractivity contribution in [1.29, 1.82) is 0 Å². The minimum atomic E-state index is -0.238. The Kier molecular flexibility index (Phi) is 4.24. The summed E-state index contributed by atoms with van der Waals surface area (Å²) in [4.78, 5) is 0. The molecule has 0 radical (unpaired) electrons. The molecule has 5 heteroatoms. The van der Waals surface area contributed by atoms with Crippen molar-refractivity contribution in [2.45, 2.75) is 50.7 Å². The van der Waals surface area contributed by atoms with Gasteiger partial charge in [-0.15, -0.1) is 0 Å². The maximum absolute atomic E-state index is 10.2. The first-order valence-electron chi connectivity index (χ1n) is 7.02. The van der Waals surface area contributed by atoms with Gasteiger partial charge in [-0.05, 0) is 34.8 Å². The lowest BCUT2D eigenvalue weighted by molar-refractivity contribution is -0.172. The van der Waals surface area contributed by atoms with Gasteiger partial charge in [-0.3, -0.25) is 0 Å². The minimum Gasteiger partial charge on any atom is -0.488 e. The van der Waals surface area contributed by atoms with E-state index < -0.39 is 0 Å². The van der Waals surface area contributed by atoms with E-state index in [-0.39, 0.29) is 17.6 Å². The van der Waals surface area contributed by atoms with Crippen LogP contribution in [0.15, 0.2) is 16.6 Å². The molecule has 20 heavy (non-hydrogen) atoms. The summed E-state index contributed by atoms with van der Waals surface area (Å²) in [7, 11) is 0. The molecule has 0 saturated heterocycles. The van der Waals surface area contributed by atoms with Crippen molar-refractivity contribution < 1.29 is 9.84 Å². The molecule has 0 heterocycles. The molecule has 2 saturated carbocycles. The first kappa shape index (κ1) is 15.0. The van der Waals surface area contributed by atoms with Crippen LogP contribution >= 0.6 is 39.1 Å². The van der Waals surface area contributed by atoms with Crippen LogP contribution in [0.5, 0.6) is 5.75 Å². The largest absolute Gasteiger partial charge is 0.488 e. The fraction of sp³-hybridized carbons (Fsp3) is 0.600. The van der Waals surface area contributed by atoms with Gasteiger partial charge in [0.25, 0.3) is 0 Å².